The van der Waals surface area contributed by atoms with Crippen LogP contribution in [0.2, 0.25) is 0 Å². The number of aromatic nitrogens is 1. The molecule has 1 unspecified atom stereocenters. The third kappa shape index (κ3) is 4.48. The van der Waals surface area contributed by atoms with Crippen LogP contribution in [-0.4, -0.2) is 0 Å². The van der Waals surface area contributed by atoms with Gasteiger partial charge in [0.05, 0.1) is 5.39 Å². The Balaban J connectivity index is 1.29. The van der Waals surface area contributed by atoms with Crippen LogP contribution >= 0.6 is 0 Å². The summed E-state index contributed by atoms with van der Waals surface area (Å²) in [6.45, 7) is 0. The second-order valence-corrected chi connectivity index (χ2v) is 13.1. The molecular weight excluding hydrogens is 609 g/mol. The first-order chi connectivity index (χ1) is 24.8. The zero-order valence-corrected chi connectivity index (χ0v) is 27.4. The summed E-state index contributed by atoms with van der Waals surface area (Å²) in [4.78, 5) is 0. The lowest BCUT2D eigenvalue weighted by atomic mass is 9.90. The summed E-state index contributed by atoms with van der Waals surface area (Å²) in [6, 6.07) is 54.4. The number of hydrogen-bond acceptors (Lipinski definition) is 2. The minimum Gasteiger partial charge on any atom is -0.454 e. The van der Waals surface area contributed by atoms with Crippen molar-refractivity contribution in [3.05, 3.63) is 188 Å². The Morgan fingerprint density at radius 2 is 1.32 bits per heavy atom. The lowest BCUT2D eigenvalue weighted by molar-refractivity contribution is -0.649. The number of para-hydroxylation sites is 2. The average Bonchev–Trinajstić information content (AvgIpc) is 3.59. The van der Waals surface area contributed by atoms with E-state index >= 15 is 0 Å². The van der Waals surface area contributed by atoms with E-state index in [0.29, 0.717) is 5.92 Å². The molecule has 0 fully saturated rings. The number of benzene rings is 7. The third-order valence-corrected chi connectivity index (χ3v) is 10.3. The van der Waals surface area contributed by atoms with Gasteiger partial charge in [0.15, 0.2) is 5.58 Å². The zero-order chi connectivity index (χ0) is 33.0. The van der Waals surface area contributed by atoms with Crippen LogP contribution in [0.25, 0.3) is 65.5 Å². The second kappa shape index (κ2) is 11.6. The second-order valence-electron chi connectivity index (χ2n) is 13.1. The van der Waals surface area contributed by atoms with Crippen molar-refractivity contribution >= 4 is 65.8 Å². The van der Waals surface area contributed by atoms with Gasteiger partial charge < -0.3 is 4.42 Å². The van der Waals surface area contributed by atoms with Crippen molar-refractivity contribution in [1.29, 1.82) is 0 Å². The maximum absolute atomic E-state index is 6.88. The number of hydrogen-bond donors (Lipinski definition) is 0. The molecule has 1 atom stereocenters. The predicted molar refractivity (Wildman–Crippen MR) is 208 cm³/mol. The molecule has 7 aromatic carbocycles. The minimum atomic E-state index is 0.325. The predicted octanol–water partition coefficient (Wildman–Crippen LogP) is 12.2. The largest absolute Gasteiger partial charge is 0.454 e. The van der Waals surface area contributed by atoms with Gasteiger partial charge in [0, 0.05) is 34.2 Å². The zero-order valence-electron chi connectivity index (χ0n) is 27.4. The van der Waals surface area contributed by atoms with Crippen molar-refractivity contribution in [2.75, 3.05) is 5.01 Å². The van der Waals surface area contributed by atoms with E-state index in [9.17, 15) is 0 Å². The average molecular weight is 642 g/mol. The summed E-state index contributed by atoms with van der Waals surface area (Å²) in [6.07, 6.45) is 12.1. The number of fused-ring (bicyclic) bond motifs is 7. The Morgan fingerprint density at radius 3 is 2.18 bits per heavy atom. The molecular formula is C47H33N2O+. The van der Waals surface area contributed by atoms with Crippen molar-refractivity contribution in [1.82, 2.24) is 0 Å². The number of furan rings is 1. The molecule has 0 N–H and O–H groups in total. The third-order valence-electron chi connectivity index (χ3n) is 10.3. The first-order valence-electron chi connectivity index (χ1n) is 17.3. The smallest absolute Gasteiger partial charge is 0.243 e. The van der Waals surface area contributed by atoms with Gasteiger partial charge in [0.2, 0.25) is 11.7 Å². The molecule has 3 heteroatoms. The van der Waals surface area contributed by atoms with E-state index in [2.05, 4.69) is 192 Å². The van der Waals surface area contributed by atoms with Gasteiger partial charge in [0.25, 0.3) is 0 Å². The molecule has 0 saturated heterocycles. The molecule has 9 aromatic rings. The van der Waals surface area contributed by atoms with Crippen LogP contribution in [-0.2, 0) is 0 Å². The molecule has 1 aliphatic carbocycles. The van der Waals surface area contributed by atoms with Crippen molar-refractivity contribution < 1.29 is 9.09 Å². The molecule has 2 aromatic heterocycles. The standard InChI is InChI=1S/C47H33N2O/c1-3-14-32(15-4-1)35-27-28-43(40-22-10-9-20-38(35)40)49(48-31-30-36(33-16-5-2-6-17-33)39-21-11-12-24-42(39)48)44-25-13-23-41-46-37-19-8-7-18-34(37)26-29-45(46)50-47(41)44/h1-16,18-31,33H,17H2/q+1. The Kier molecular flexibility index (Phi) is 6.63. The van der Waals surface area contributed by atoms with Gasteiger partial charge in [0.1, 0.15) is 17.0 Å². The fourth-order valence-electron chi connectivity index (χ4n) is 7.97. The first-order valence-corrected chi connectivity index (χ1v) is 17.3. The van der Waals surface area contributed by atoms with E-state index in [1.807, 2.05) is 0 Å². The Morgan fingerprint density at radius 1 is 0.560 bits per heavy atom. The fourth-order valence-corrected chi connectivity index (χ4v) is 7.97. The molecule has 0 amide bonds. The highest BCUT2D eigenvalue weighted by Crippen LogP contribution is 2.43. The van der Waals surface area contributed by atoms with Gasteiger partial charge in [-0.05, 0) is 63.5 Å². The van der Waals surface area contributed by atoms with Gasteiger partial charge in [-0.25, -0.2) is 0 Å². The lowest BCUT2D eigenvalue weighted by Crippen LogP contribution is -2.52. The fraction of sp³-hybridized carbons (Fsp3) is 0.0426. The molecule has 236 valence electrons. The van der Waals surface area contributed by atoms with Gasteiger partial charge in [-0.15, -0.1) is 5.01 Å². The van der Waals surface area contributed by atoms with E-state index in [1.54, 1.807) is 0 Å². The molecule has 1 aliphatic rings. The van der Waals surface area contributed by atoms with Crippen LogP contribution in [0.15, 0.2) is 187 Å². The van der Waals surface area contributed by atoms with Crippen molar-refractivity contribution in [3.63, 3.8) is 0 Å². The van der Waals surface area contributed by atoms with Gasteiger partial charge in [-0.1, -0.05) is 144 Å². The summed E-state index contributed by atoms with van der Waals surface area (Å²) in [5.41, 5.74) is 8.66. The van der Waals surface area contributed by atoms with Crippen molar-refractivity contribution in [2.45, 2.75) is 12.3 Å². The maximum Gasteiger partial charge on any atom is 0.243 e. The molecule has 50 heavy (non-hydrogen) atoms. The van der Waals surface area contributed by atoms with E-state index in [0.717, 1.165) is 50.6 Å². The Labute approximate surface area is 290 Å². The van der Waals surface area contributed by atoms with E-state index < -0.39 is 0 Å². The summed E-state index contributed by atoms with van der Waals surface area (Å²) in [5.74, 6) is 0.325. The van der Waals surface area contributed by atoms with E-state index in [-0.39, 0.29) is 0 Å². The van der Waals surface area contributed by atoms with E-state index in [4.69, 9.17) is 4.42 Å². The van der Waals surface area contributed by atoms with Gasteiger partial charge >= 0.3 is 0 Å². The van der Waals surface area contributed by atoms with Crippen LogP contribution in [0.4, 0.5) is 11.4 Å². The molecule has 0 bridgehead atoms. The van der Waals surface area contributed by atoms with E-state index in [1.165, 1.54) is 38.2 Å². The van der Waals surface area contributed by atoms with Crippen LogP contribution in [0.1, 0.15) is 17.9 Å². The van der Waals surface area contributed by atoms with Crippen molar-refractivity contribution in [3.8, 4) is 11.1 Å². The molecule has 0 aliphatic heterocycles. The lowest BCUT2D eigenvalue weighted by Gasteiger charge is -2.23. The van der Waals surface area contributed by atoms with Crippen LogP contribution in [0.5, 0.6) is 0 Å². The highest BCUT2D eigenvalue weighted by atomic mass is 16.3. The number of pyridine rings is 1. The molecule has 2 heterocycles. The van der Waals surface area contributed by atoms with Crippen LogP contribution in [0, 0.1) is 0 Å². The van der Waals surface area contributed by atoms with Gasteiger partial charge in [-0.2, -0.15) is 0 Å². The normalized spacial score (nSPS) is 14.4. The number of anilines is 2. The number of rotatable bonds is 5. The highest BCUT2D eigenvalue weighted by molar-refractivity contribution is 6.20. The van der Waals surface area contributed by atoms with Crippen molar-refractivity contribution in [2.24, 2.45) is 0 Å². The summed E-state index contributed by atoms with van der Waals surface area (Å²) in [5, 5.41) is 10.6. The molecule has 0 saturated carbocycles. The highest BCUT2D eigenvalue weighted by Gasteiger charge is 2.30. The monoisotopic (exact) mass is 641 g/mol. The summed E-state index contributed by atoms with van der Waals surface area (Å²) < 4.78 is 9.19. The number of nitrogens with zero attached hydrogens (tertiary/aromatic N) is 2. The molecule has 3 nitrogen and oxygen atoms in total. The molecule has 10 rings (SSSR count). The minimum absolute atomic E-state index is 0.325. The first kappa shape index (κ1) is 28.6. The number of allylic oxidation sites excluding steroid dienone is 4. The van der Waals surface area contributed by atoms with Crippen LogP contribution < -0.4 is 9.69 Å². The summed E-state index contributed by atoms with van der Waals surface area (Å²) in [7, 11) is 0. The maximum atomic E-state index is 6.88. The van der Waals surface area contributed by atoms with Gasteiger partial charge in [-0.3, -0.25) is 0 Å². The molecule has 0 radical (unpaired) electrons. The SMILES string of the molecule is C1=CCC(c2cc[n+](N(c3ccc(-c4ccccc4)c4ccccc34)c3cccc4c3oc3ccc5ccccc5c34)c3ccccc23)C=C1. The quantitative estimate of drug-likeness (QED) is 0.174. The molecule has 0 spiro atoms. The summed E-state index contributed by atoms with van der Waals surface area (Å²) >= 11 is 0. The Hall–Kier alpha value is -6.45. The topological polar surface area (TPSA) is 20.3 Å². The Bertz CT molecular complexity index is 2810. The van der Waals surface area contributed by atoms with Crippen LogP contribution in [0.3, 0.4) is 0 Å².